The van der Waals surface area contributed by atoms with E-state index in [1.165, 1.54) is 30.3 Å². The summed E-state index contributed by atoms with van der Waals surface area (Å²) in [6, 6.07) is 10.5. The van der Waals surface area contributed by atoms with Crippen molar-refractivity contribution in [3.63, 3.8) is 0 Å². The number of anilines is 1. The van der Waals surface area contributed by atoms with Crippen molar-refractivity contribution < 1.29 is 31.0 Å². The summed E-state index contributed by atoms with van der Waals surface area (Å²) in [6.07, 6.45) is 4.77. The fraction of sp³-hybridized carbons (Fsp3) is 0.447. The highest BCUT2D eigenvalue weighted by atomic mass is 32.2. The molecule has 2 atom stereocenters. The van der Waals surface area contributed by atoms with Crippen molar-refractivity contribution in [2.75, 3.05) is 11.9 Å². The lowest BCUT2D eigenvalue weighted by atomic mass is 9.80. The predicted molar refractivity (Wildman–Crippen MR) is 194 cm³/mol. The van der Waals surface area contributed by atoms with Crippen LogP contribution >= 0.6 is 10.9 Å². The van der Waals surface area contributed by atoms with Crippen LogP contribution in [0.3, 0.4) is 0 Å². The second-order valence-corrected chi connectivity index (χ2v) is 14.1. The zero-order chi connectivity index (χ0) is 37.3. The molecule has 0 radical (unpaired) electrons. The molecular formula is C38H47F5N4O2S. The van der Waals surface area contributed by atoms with Gasteiger partial charge in [-0.25, -0.2) is 9.37 Å². The number of nitrogens with one attached hydrogen (secondary N) is 1. The predicted octanol–water partition coefficient (Wildman–Crippen LogP) is 10.1. The zero-order valence-electron chi connectivity index (χ0n) is 29.8. The number of allylic oxidation sites excluding steroid dienone is 3. The number of alkyl halides is 3. The van der Waals surface area contributed by atoms with Crippen LogP contribution in [-0.2, 0) is 34.4 Å². The molecule has 1 aromatic carbocycles. The number of hydrogen-bond donors (Lipinski definition) is 1. The van der Waals surface area contributed by atoms with Crippen LogP contribution in [0.2, 0.25) is 0 Å². The summed E-state index contributed by atoms with van der Waals surface area (Å²) in [7, 11) is -1.50. The highest BCUT2D eigenvalue weighted by molar-refractivity contribution is 8.13. The molecule has 0 saturated heterocycles. The Balaban J connectivity index is 0.000000274. The topological polar surface area (TPSA) is 75.2 Å². The second-order valence-electron chi connectivity index (χ2n) is 13.0. The molecule has 1 fully saturated rings. The van der Waals surface area contributed by atoms with Gasteiger partial charge in [-0.3, -0.25) is 14.6 Å². The number of rotatable bonds is 6. The van der Waals surface area contributed by atoms with Gasteiger partial charge in [-0.15, -0.1) is 0 Å². The molecule has 1 aliphatic heterocycles. The molecule has 3 heterocycles. The number of carbonyl (C=O) groups is 2. The Labute approximate surface area is 294 Å². The van der Waals surface area contributed by atoms with Crippen molar-refractivity contribution in [3.8, 4) is 0 Å². The van der Waals surface area contributed by atoms with Gasteiger partial charge in [0.05, 0.1) is 10.9 Å². The summed E-state index contributed by atoms with van der Waals surface area (Å²) >= 11 is 0. The standard InChI is InChI=1S/C24H26N4O2.C7H8F2S.C5H7F3.C2H6/c1-4-28(15-29)14-17-8-18-9-19-11-24(3,12-20(19)10-22(18)26-13-17)21-6-5-7-25-23(21)27-16(2)30;1-6-2-3-7(8)5-10(9)4-6;1-4(2-3-4)5(6,7)8;1-2/h5-10,13,15H,4,11-12,14H2,1-3H3,(H,25,27,30);2,4-5H,3H2,1H3;2-3H2,1H3;1-2H3. The number of hydrogen-bond acceptors (Lipinski definition) is 4. The second kappa shape index (κ2) is 17.3. The first kappa shape index (κ1) is 40.5. The third kappa shape index (κ3) is 10.8. The average Bonchev–Trinajstić information content (AvgIpc) is 3.77. The lowest BCUT2D eigenvalue weighted by molar-refractivity contribution is -0.181. The van der Waals surface area contributed by atoms with Crippen LogP contribution in [0.5, 0.6) is 0 Å². The molecule has 3 aromatic rings. The molecule has 2 aromatic heterocycles. The van der Waals surface area contributed by atoms with Gasteiger partial charge in [0.2, 0.25) is 12.3 Å². The Morgan fingerprint density at radius 3 is 2.32 bits per heavy atom. The molecule has 12 heteroatoms. The SMILES string of the molecule is CC.CC1(C(F)(F)F)CC1.CC1=CCC(F)=CS(F)=C1.CCN(C=O)Cc1cnc2cc3c(cc2c1)CC(C)(c1cccnc1NC(C)=O)C3. The zero-order valence-corrected chi connectivity index (χ0v) is 30.6. The molecule has 272 valence electrons. The van der Waals surface area contributed by atoms with Crippen LogP contribution < -0.4 is 5.32 Å². The summed E-state index contributed by atoms with van der Waals surface area (Å²) in [5, 5.41) is 6.41. The molecule has 1 N–H and O–H groups in total. The summed E-state index contributed by atoms with van der Waals surface area (Å²) in [5.41, 5.74) is 4.98. The molecule has 6 nitrogen and oxygen atoms in total. The molecular weight excluding hydrogens is 672 g/mol. The number of halogens is 5. The van der Waals surface area contributed by atoms with Crippen LogP contribution in [0.4, 0.5) is 27.3 Å². The molecule has 50 heavy (non-hydrogen) atoms. The van der Waals surface area contributed by atoms with E-state index in [-0.39, 0.29) is 23.6 Å². The molecule has 0 bridgehead atoms. The van der Waals surface area contributed by atoms with Crippen molar-refractivity contribution in [2.45, 2.75) is 98.7 Å². The monoisotopic (exact) mass is 718 g/mol. The highest BCUT2D eigenvalue weighted by Gasteiger charge is 2.59. The minimum atomic E-state index is -3.95. The highest BCUT2D eigenvalue weighted by Crippen LogP contribution is 2.56. The van der Waals surface area contributed by atoms with Gasteiger partial charge in [0.15, 0.2) is 0 Å². The van der Waals surface area contributed by atoms with E-state index in [1.807, 2.05) is 33.0 Å². The van der Waals surface area contributed by atoms with Gasteiger partial charge in [0.25, 0.3) is 0 Å². The van der Waals surface area contributed by atoms with Crippen LogP contribution in [0.25, 0.3) is 10.9 Å². The van der Waals surface area contributed by atoms with Crippen LogP contribution in [0.1, 0.15) is 90.0 Å². The Morgan fingerprint density at radius 2 is 1.76 bits per heavy atom. The van der Waals surface area contributed by atoms with E-state index in [4.69, 9.17) is 0 Å². The molecule has 6 rings (SSSR count). The van der Waals surface area contributed by atoms with Crippen molar-refractivity contribution in [1.29, 1.82) is 0 Å². The first-order valence-electron chi connectivity index (χ1n) is 16.7. The van der Waals surface area contributed by atoms with Crippen LogP contribution in [-0.4, -0.2) is 45.3 Å². The van der Waals surface area contributed by atoms with Gasteiger partial charge in [-0.1, -0.05) is 39.8 Å². The Kier molecular flexibility index (Phi) is 14.0. The number of amides is 2. The fourth-order valence-electron chi connectivity index (χ4n) is 5.60. The van der Waals surface area contributed by atoms with E-state index in [1.54, 1.807) is 24.1 Å². The quantitative estimate of drug-likeness (QED) is 0.156. The van der Waals surface area contributed by atoms with E-state index in [0.717, 1.165) is 52.3 Å². The molecule has 3 aliphatic rings. The van der Waals surface area contributed by atoms with Crippen LogP contribution in [0, 0.1) is 5.41 Å². The summed E-state index contributed by atoms with van der Waals surface area (Å²) in [4.78, 5) is 33.5. The average molecular weight is 719 g/mol. The maximum Gasteiger partial charge on any atom is 0.394 e. The number of pyridine rings is 2. The first-order chi connectivity index (χ1) is 23.6. The number of nitrogens with zero attached hydrogens (tertiary/aromatic N) is 3. The van der Waals surface area contributed by atoms with Crippen molar-refractivity contribution in [2.24, 2.45) is 5.41 Å². The van der Waals surface area contributed by atoms with Crippen molar-refractivity contribution >= 4 is 45.3 Å². The van der Waals surface area contributed by atoms with Crippen LogP contribution in [0.15, 0.2) is 65.6 Å². The minimum absolute atomic E-state index is 0.118. The Morgan fingerprint density at radius 1 is 1.10 bits per heavy atom. The largest absolute Gasteiger partial charge is 0.394 e. The van der Waals surface area contributed by atoms with Gasteiger partial charge < -0.3 is 10.2 Å². The number of fused-ring (bicyclic) bond motifs is 2. The normalized spacial score (nSPS) is 20.0. The molecule has 2 amide bonds. The molecule has 2 aliphatic carbocycles. The summed E-state index contributed by atoms with van der Waals surface area (Å²) < 4.78 is 59.9. The summed E-state index contributed by atoms with van der Waals surface area (Å²) in [5.74, 6) is 0.144. The summed E-state index contributed by atoms with van der Waals surface area (Å²) in [6.45, 7) is 14.0. The number of carbonyl (C=O) groups excluding carboxylic acids is 2. The lowest BCUT2D eigenvalue weighted by Gasteiger charge is -2.26. The lowest BCUT2D eigenvalue weighted by Crippen LogP contribution is -2.25. The third-order valence-corrected chi connectivity index (χ3v) is 9.83. The van der Waals surface area contributed by atoms with E-state index in [2.05, 4.69) is 46.5 Å². The molecule has 0 spiro atoms. The maximum absolute atomic E-state index is 12.6. The van der Waals surface area contributed by atoms with Gasteiger partial charge in [0, 0.05) is 71.5 Å². The van der Waals surface area contributed by atoms with E-state index in [0.29, 0.717) is 31.7 Å². The van der Waals surface area contributed by atoms with E-state index < -0.39 is 22.5 Å². The van der Waals surface area contributed by atoms with Gasteiger partial charge >= 0.3 is 6.18 Å². The third-order valence-electron chi connectivity index (χ3n) is 8.76. The first-order valence-corrected chi connectivity index (χ1v) is 18.0. The van der Waals surface area contributed by atoms with Gasteiger partial charge in [0.1, 0.15) is 11.6 Å². The van der Waals surface area contributed by atoms with E-state index >= 15 is 0 Å². The van der Waals surface area contributed by atoms with E-state index in [9.17, 15) is 31.0 Å². The maximum atomic E-state index is 12.6. The number of aromatic nitrogens is 2. The van der Waals surface area contributed by atoms with Crippen molar-refractivity contribution in [1.82, 2.24) is 14.9 Å². The Hall–Kier alpha value is -3.93. The molecule has 2 unspecified atom stereocenters. The fourth-order valence-corrected chi connectivity index (χ4v) is 6.46. The minimum Gasteiger partial charge on any atom is -0.341 e. The van der Waals surface area contributed by atoms with Crippen molar-refractivity contribution in [3.05, 3.63) is 87.9 Å². The van der Waals surface area contributed by atoms with Gasteiger partial charge in [-0.2, -0.15) is 17.1 Å². The molecule has 1 saturated carbocycles. The smallest absolute Gasteiger partial charge is 0.341 e. The Bertz CT molecular complexity index is 1760. The van der Waals surface area contributed by atoms with Gasteiger partial charge in [-0.05, 0) is 91.4 Å². The number of benzene rings is 1.